The fourth-order valence-corrected chi connectivity index (χ4v) is 3.58. The minimum absolute atomic E-state index is 0.0701. The lowest BCUT2D eigenvalue weighted by Crippen LogP contribution is -2.21. The Labute approximate surface area is 115 Å². The van der Waals surface area contributed by atoms with Crippen molar-refractivity contribution >= 4 is 21.4 Å². The molecule has 1 aromatic heterocycles. The van der Waals surface area contributed by atoms with Crippen LogP contribution in [0, 0.1) is 5.82 Å². The molecule has 1 aliphatic heterocycles. The van der Waals surface area contributed by atoms with Crippen LogP contribution in [0.5, 0.6) is 0 Å². The van der Waals surface area contributed by atoms with Crippen LogP contribution in [0.4, 0.5) is 4.39 Å². The number of halogens is 1. The molecule has 2 heterocycles. The molecular weight excluding hydrogens is 261 g/mol. The van der Waals surface area contributed by atoms with E-state index in [1.165, 1.54) is 6.07 Å². The minimum atomic E-state index is -0.185. The summed E-state index contributed by atoms with van der Waals surface area (Å²) in [5.41, 5.74) is 0. The number of hydrogen-bond acceptors (Lipinski definition) is 3. The monoisotopic (exact) mass is 277 g/mol. The van der Waals surface area contributed by atoms with Crippen LogP contribution in [-0.4, -0.2) is 13.7 Å². The van der Waals surface area contributed by atoms with Crippen molar-refractivity contribution in [3.8, 4) is 0 Å². The van der Waals surface area contributed by atoms with Crippen LogP contribution in [0.15, 0.2) is 36.1 Å². The van der Waals surface area contributed by atoms with Gasteiger partial charge in [0, 0.05) is 9.58 Å². The Hall–Kier alpha value is -1.39. The Kier molecular flexibility index (Phi) is 3.53. The third-order valence-electron chi connectivity index (χ3n) is 3.32. The molecule has 2 aromatic rings. The Morgan fingerprint density at radius 1 is 1.37 bits per heavy atom. The lowest BCUT2D eigenvalue weighted by molar-refractivity contribution is 0.170. The fraction of sp³-hybridized carbons (Fsp3) is 0.333. The van der Waals surface area contributed by atoms with Gasteiger partial charge in [-0.1, -0.05) is 6.07 Å². The first-order chi connectivity index (χ1) is 9.28. The van der Waals surface area contributed by atoms with Crippen molar-refractivity contribution in [2.75, 3.05) is 13.7 Å². The second-order valence-electron chi connectivity index (χ2n) is 4.65. The van der Waals surface area contributed by atoms with Crippen LogP contribution in [0.3, 0.4) is 0 Å². The molecule has 0 bridgehead atoms. The van der Waals surface area contributed by atoms with Gasteiger partial charge in [0.05, 0.1) is 12.6 Å². The highest BCUT2D eigenvalue weighted by Gasteiger charge is 2.20. The van der Waals surface area contributed by atoms with Crippen molar-refractivity contribution in [2.24, 2.45) is 0 Å². The maximum Gasteiger partial charge on any atom is 0.124 e. The number of fused-ring (bicyclic) bond motifs is 1. The predicted octanol–water partition coefficient (Wildman–Crippen LogP) is 4.00. The molecule has 4 heteroatoms. The number of allylic oxidation sites excluding steroid dienone is 1. The van der Waals surface area contributed by atoms with E-state index in [2.05, 4.69) is 17.5 Å². The topological polar surface area (TPSA) is 21.3 Å². The third-order valence-corrected chi connectivity index (χ3v) is 4.48. The molecule has 2 nitrogen and oxygen atoms in total. The molecule has 0 saturated heterocycles. The number of thiophene rings is 1. The van der Waals surface area contributed by atoms with Gasteiger partial charge in [0.15, 0.2) is 0 Å². The minimum Gasteiger partial charge on any atom is -0.496 e. The highest BCUT2D eigenvalue weighted by Crippen LogP contribution is 2.34. The first kappa shape index (κ1) is 12.6. The maximum atomic E-state index is 13.2. The van der Waals surface area contributed by atoms with E-state index < -0.39 is 0 Å². The Morgan fingerprint density at radius 3 is 3.00 bits per heavy atom. The SMILES string of the molecule is CNC(C1=CCCCO1)c1cc2ccc(F)cc2s1. The van der Waals surface area contributed by atoms with E-state index in [4.69, 9.17) is 4.74 Å². The first-order valence-corrected chi connectivity index (χ1v) is 7.28. The number of benzene rings is 1. The van der Waals surface area contributed by atoms with Gasteiger partial charge in [0.1, 0.15) is 11.6 Å². The maximum absolute atomic E-state index is 13.2. The zero-order valence-electron chi connectivity index (χ0n) is 10.8. The van der Waals surface area contributed by atoms with Crippen molar-refractivity contribution in [1.29, 1.82) is 0 Å². The summed E-state index contributed by atoms with van der Waals surface area (Å²) < 4.78 is 20.0. The molecule has 0 saturated carbocycles. The van der Waals surface area contributed by atoms with Crippen LogP contribution in [-0.2, 0) is 4.74 Å². The molecule has 0 radical (unpaired) electrons. The lowest BCUT2D eigenvalue weighted by atomic mass is 10.1. The molecule has 1 N–H and O–H groups in total. The van der Waals surface area contributed by atoms with Gasteiger partial charge in [-0.3, -0.25) is 0 Å². The predicted molar refractivity (Wildman–Crippen MR) is 76.9 cm³/mol. The molecule has 100 valence electrons. The van der Waals surface area contributed by atoms with Crippen molar-refractivity contribution in [3.05, 3.63) is 46.8 Å². The summed E-state index contributed by atoms with van der Waals surface area (Å²) in [5, 5.41) is 4.37. The van der Waals surface area contributed by atoms with Crippen molar-refractivity contribution in [1.82, 2.24) is 5.32 Å². The van der Waals surface area contributed by atoms with Gasteiger partial charge in [-0.2, -0.15) is 0 Å². The van der Waals surface area contributed by atoms with Gasteiger partial charge in [-0.05, 0) is 49.6 Å². The van der Waals surface area contributed by atoms with E-state index in [-0.39, 0.29) is 11.9 Å². The summed E-state index contributed by atoms with van der Waals surface area (Å²) in [6.45, 7) is 0.781. The number of hydrogen-bond donors (Lipinski definition) is 1. The second-order valence-corrected chi connectivity index (χ2v) is 5.77. The molecule has 1 aliphatic rings. The number of nitrogens with one attached hydrogen (secondary N) is 1. The van der Waals surface area contributed by atoms with Crippen LogP contribution in [0.2, 0.25) is 0 Å². The van der Waals surface area contributed by atoms with E-state index in [9.17, 15) is 4.39 Å². The van der Waals surface area contributed by atoms with Crippen LogP contribution < -0.4 is 5.32 Å². The number of ether oxygens (including phenoxy) is 1. The fourth-order valence-electron chi connectivity index (χ4n) is 2.37. The summed E-state index contributed by atoms with van der Waals surface area (Å²) in [6.07, 6.45) is 4.29. The molecule has 0 aliphatic carbocycles. The molecule has 0 fully saturated rings. The van der Waals surface area contributed by atoms with E-state index in [1.54, 1.807) is 17.4 Å². The van der Waals surface area contributed by atoms with Gasteiger partial charge in [-0.15, -0.1) is 11.3 Å². The zero-order valence-corrected chi connectivity index (χ0v) is 11.6. The normalized spacial score (nSPS) is 17.1. The van der Waals surface area contributed by atoms with Gasteiger partial charge >= 0.3 is 0 Å². The Bertz CT molecular complexity index is 620. The third kappa shape index (κ3) is 2.51. The van der Waals surface area contributed by atoms with Gasteiger partial charge in [-0.25, -0.2) is 4.39 Å². The van der Waals surface area contributed by atoms with Gasteiger partial charge < -0.3 is 10.1 Å². The lowest BCUT2D eigenvalue weighted by Gasteiger charge is -2.22. The smallest absolute Gasteiger partial charge is 0.124 e. The highest BCUT2D eigenvalue weighted by molar-refractivity contribution is 7.19. The molecule has 19 heavy (non-hydrogen) atoms. The van der Waals surface area contributed by atoms with Gasteiger partial charge in [0.2, 0.25) is 0 Å². The average Bonchev–Trinajstić information content (AvgIpc) is 2.83. The van der Waals surface area contributed by atoms with Crippen molar-refractivity contribution in [3.63, 3.8) is 0 Å². The molecule has 3 rings (SSSR count). The van der Waals surface area contributed by atoms with Crippen molar-refractivity contribution < 1.29 is 9.13 Å². The average molecular weight is 277 g/mol. The first-order valence-electron chi connectivity index (χ1n) is 6.47. The molecule has 1 aromatic carbocycles. The standard InChI is InChI=1S/C15H16FNOS/c1-17-15(12-4-2-3-7-18-12)14-8-10-5-6-11(16)9-13(10)19-14/h4-6,8-9,15,17H,2-3,7H2,1H3. The van der Waals surface area contributed by atoms with E-state index in [0.29, 0.717) is 0 Å². The van der Waals surface area contributed by atoms with E-state index in [1.807, 2.05) is 13.1 Å². The van der Waals surface area contributed by atoms with Crippen LogP contribution >= 0.6 is 11.3 Å². The summed E-state index contributed by atoms with van der Waals surface area (Å²) >= 11 is 1.61. The van der Waals surface area contributed by atoms with Gasteiger partial charge in [0.25, 0.3) is 0 Å². The van der Waals surface area contributed by atoms with Crippen LogP contribution in [0.1, 0.15) is 23.8 Å². The Morgan fingerprint density at radius 2 is 2.26 bits per heavy atom. The summed E-state index contributed by atoms with van der Waals surface area (Å²) in [6, 6.07) is 7.10. The molecular formula is C15H16FNOS. The summed E-state index contributed by atoms with van der Waals surface area (Å²) in [5.74, 6) is 0.802. The Balaban J connectivity index is 1.98. The summed E-state index contributed by atoms with van der Waals surface area (Å²) in [7, 11) is 1.93. The number of likely N-dealkylation sites (N-methyl/N-ethyl adjacent to an activating group) is 1. The quantitative estimate of drug-likeness (QED) is 0.915. The second kappa shape index (κ2) is 5.31. The molecule has 0 spiro atoms. The highest BCUT2D eigenvalue weighted by atomic mass is 32.1. The number of rotatable bonds is 3. The largest absolute Gasteiger partial charge is 0.496 e. The zero-order chi connectivity index (χ0) is 13.2. The molecule has 1 unspecified atom stereocenters. The molecule has 0 amide bonds. The summed E-state index contributed by atoms with van der Waals surface area (Å²) in [4.78, 5) is 1.16. The molecule has 1 atom stereocenters. The van der Waals surface area contributed by atoms with E-state index in [0.717, 1.165) is 40.2 Å². The van der Waals surface area contributed by atoms with Crippen LogP contribution in [0.25, 0.3) is 10.1 Å². The van der Waals surface area contributed by atoms with E-state index >= 15 is 0 Å². The van der Waals surface area contributed by atoms with Crippen molar-refractivity contribution in [2.45, 2.75) is 18.9 Å².